The van der Waals surface area contributed by atoms with E-state index in [4.69, 9.17) is 4.74 Å². The lowest BCUT2D eigenvalue weighted by Gasteiger charge is -2.25. The lowest BCUT2D eigenvalue weighted by Crippen LogP contribution is -2.22. The third kappa shape index (κ3) is 2.46. The highest BCUT2D eigenvalue weighted by atomic mass is 16.5. The summed E-state index contributed by atoms with van der Waals surface area (Å²) < 4.78 is 5.30. The molecule has 0 saturated carbocycles. The Bertz CT molecular complexity index is 617. The highest BCUT2D eigenvalue weighted by Gasteiger charge is 2.28. The maximum Gasteiger partial charge on any atom is 0.141 e. The molecule has 0 spiro atoms. The van der Waals surface area contributed by atoms with Crippen LogP contribution in [0.5, 0.6) is 5.75 Å². The van der Waals surface area contributed by atoms with Crippen LogP contribution in [0.1, 0.15) is 29.0 Å². The van der Waals surface area contributed by atoms with Gasteiger partial charge in [0.05, 0.1) is 7.11 Å². The Morgan fingerprint density at radius 1 is 1.10 bits per heavy atom. The summed E-state index contributed by atoms with van der Waals surface area (Å²) in [5.74, 6) is 1.14. The summed E-state index contributed by atoms with van der Waals surface area (Å²) in [5, 5.41) is 0. The first-order chi connectivity index (χ1) is 9.78. The summed E-state index contributed by atoms with van der Waals surface area (Å²) in [6.45, 7) is 0. The predicted molar refractivity (Wildman–Crippen MR) is 79.2 cm³/mol. The molecule has 2 heteroatoms. The standard InChI is InChI=1S/C18H18O2/c1-20-15-9-7-14-8-10-18(19)17(16(14)12-15)11-13-5-3-2-4-6-13/h2-7,9,12,17H,8,10-11H2,1H3/t17-/m1/s1. The average Bonchev–Trinajstić information content (AvgIpc) is 2.51. The maximum absolute atomic E-state index is 12.3. The van der Waals surface area contributed by atoms with Gasteiger partial charge in [-0.05, 0) is 41.7 Å². The number of Topliss-reactive ketones (excluding diaryl/α,β-unsaturated/α-hetero) is 1. The van der Waals surface area contributed by atoms with Crippen LogP contribution in [-0.4, -0.2) is 12.9 Å². The van der Waals surface area contributed by atoms with Crippen molar-refractivity contribution in [3.05, 3.63) is 65.2 Å². The van der Waals surface area contributed by atoms with Gasteiger partial charge in [0.1, 0.15) is 11.5 Å². The van der Waals surface area contributed by atoms with E-state index >= 15 is 0 Å². The lowest BCUT2D eigenvalue weighted by molar-refractivity contribution is -0.120. The summed E-state index contributed by atoms with van der Waals surface area (Å²) >= 11 is 0. The number of ether oxygens (including phenoxy) is 1. The Morgan fingerprint density at radius 2 is 1.90 bits per heavy atom. The average molecular weight is 266 g/mol. The van der Waals surface area contributed by atoms with Crippen molar-refractivity contribution in [3.8, 4) is 5.75 Å². The molecule has 0 fully saturated rings. The largest absolute Gasteiger partial charge is 0.497 e. The van der Waals surface area contributed by atoms with Crippen molar-refractivity contribution in [2.75, 3.05) is 7.11 Å². The molecule has 102 valence electrons. The minimum absolute atomic E-state index is 0.0313. The lowest BCUT2D eigenvalue weighted by atomic mass is 9.78. The second-order valence-electron chi connectivity index (χ2n) is 5.27. The predicted octanol–water partition coefficient (Wildman–Crippen LogP) is 3.54. The van der Waals surface area contributed by atoms with Crippen LogP contribution < -0.4 is 4.74 Å². The number of carbonyl (C=O) groups excluding carboxylic acids is 1. The highest BCUT2D eigenvalue weighted by Crippen LogP contribution is 2.34. The molecule has 0 radical (unpaired) electrons. The summed E-state index contributed by atoms with van der Waals surface area (Å²) in [5.41, 5.74) is 3.64. The van der Waals surface area contributed by atoms with Crippen molar-refractivity contribution in [3.63, 3.8) is 0 Å². The van der Waals surface area contributed by atoms with E-state index in [2.05, 4.69) is 18.2 Å². The molecule has 20 heavy (non-hydrogen) atoms. The molecule has 0 aromatic heterocycles. The number of rotatable bonds is 3. The molecule has 1 aliphatic carbocycles. The molecule has 3 rings (SSSR count). The minimum atomic E-state index is -0.0313. The molecule has 1 atom stereocenters. The van der Waals surface area contributed by atoms with E-state index in [1.54, 1.807) is 7.11 Å². The van der Waals surface area contributed by atoms with Gasteiger partial charge in [-0.15, -0.1) is 0 Å². The van der Waals surface area contributed by atoms with Gasteiger partial charge in [-0.1, -0.05) is 36.4 Å². The van der Waals surface area contributed by atoms with E-state index in [1.165, 1.54) is 11.1 Å². The van der Waals surface area contributed by atoms with Gasteiger partial charge in [-0.2, -0.15) is 0 Å². The second kappa shape index (κ2) is 5.49. The summed E-state index contributed by atoms with van der Waals surface area (Å²) in [6.07, 6.45) is 2.28. The van der Waals surface area contributed by atoms with E-state index < -0.39 is 0 Å². The maximum atomic E-state index is 12.3. The molecule has 0 heterocycles. The van der Waals surface area contributed by atoms with Crippen molar-refractivity contribution in [1.29, 1.82) is 0 Å². The highest BCUT2D eigenvalue weighted by molar-refractivity contribution is 5.88. The number of hydrogen-bond donors (Lipinski definition) is 0. The normalized spacial score (nSPS) is 17.6. The zero-order valence-corrected chi connectivity index (χ0v) is 11.6. The van der Waals surface area contributed by atoms with E-state index in [0.29, 0.717) is 12.2 Å². The SMILES string of the molecule is COc1ccc2c(c1)[C@@H](Cc1ccccc1)C(=O)CC2. The number of aryl methyl sites for hydroxylation is 1. The van der Waals surface area contributed by atoms with Crippen LogP contribution in [0.2, 0.25) is 0 Å². The first-order valence-electron chi connectivity index (χ1n) is 7.01. The Kier molecular flexibility index (Phi) is 3.55. The monoisotopic (exact) mass is 266 g/mol. The molecule has 2 aromatic rings. The first kappa shape index (κ1) is 12.9. The fraction of sp³-hybridized carbons (Fsp3) is 0.278. The number of carbonyl (C=O) groups is 1. The number of ketones is 1. The molecule has 0 bridgehead atoms. The molecule has 0 N–H and O–H groups in total. The van der Waals surface area contributed by atoms with Crippen molar-refractivity contribution in [1.82, 2.24) is 0 Å². The van der Waals surface area contributed by atoms with Gasteiger partial charge >= 0.3 is 0 Å². The zero-order valence-electron chi connectivity index (χ0n) is 11.6. The second-order valence-corrected chi connectivity index (χ2v) is 5.27. The number of fused-ring (bicyclic) bond motifs is 1. The van der Waals surface area contributed by atoms with Gasteiger partial charge in [-0.3, -0.25) is 4.79 Å². The van der Waals surface area contributed by atoms with Gasteiger partial charge in [0.15, 0.2) is 0 Å². The molecule has 0 unspecified atom stereocenters. The van der Waals surface area contributed by atoms with Crippen LogP contribution >= 0.6 is 0 Å². The molecule has 0 saturated heterocycles. The van der Waals surface area contributed by atoms with Crippen LogP contribution in [0.15, 0.2) is 48.5 Å². The summed E-state index contributed by atoms with van der Waals surface area (Å²) in [4.78, 5) is 12.3. The van der Waals surface area contributed by atoms with Crippen LogP contribution in [0.25, 0.3) is 0 Å². The third-order valence-electron chi connectivity index (χ3n) is 4.04. The molecule has 1 aliphatic rings. The van der Waals surface area contributed by atoms with E-state index in [0.717, 1.165) is 24.2 Å². The zero-order chi connectivity index (χ0) is 13.9. The number of hydrogen-bond acceptors (Lipinski definition) is 2. The van der Waals surface area contributed by atoms with E-state index in [1.807, 2.05) is 30.3 Å². The Hall–Kier alpha value is -2.09. The fourth-order valence-corrected chi connectivity index (χ4v) is 2.93. The van der Waals surface area contributed by atoms with Gasteiger partial charge in [0.2, 0.25) is 0 Å². The number of methoxy groups -OCH3 is 1. The molecule has 2 aromatic carbocycles. The molecular formula is C18H18O2. The Balaban J connectivity index is 1.96. The van der Waals surface area contributed by atoms with Crippen molar-refractivity contribution < 1.29 is 9.53 Å². The van der Waals surface area contributed by atoms with E-state index in [-0.39, 0.29) is 5.92 Å². The topological polar surface area (TPSA) is 26.3 Å². The first-order valence-corrected chi connectivity index (χ1v) is 7.01. The quantitative estimate of drug-likeness (QED) is 0.849. The Labute approximate surface area is 119 Å². The third-order valence-corrected chi connectivity index (χ3v) is 4.04. The summed E-state index contributed by atoms with van der Waals surface area (Å²) in [6, 6.07) is 16.3. The van der Waals surface area contributed by atoms with Gasteiger partial charge < -0.3 is 4.74 Å². The van der Waals surface area contributed by atoms with Crippen molar-refractivity contribution in [2.24, 2.45) is 0 Å². The van der Waals surface area contributed by atoms with Crippen LogP contribution in [0.3, 0.4) is 0 Å². The Morgan fingerprint density at radius 3 is 2.65 bits per heavy atom. The van der Waals surface area contributed by atoms with Gasteiger partial charge in [-0.25, -0.2) is 0 Å². The van der Waals surface area contributed by atoms with Crippen LogP contribution in [-0.2, 0) is 17.6 Å². The molecule has 0 amide bonds. The van der Waals surface area contributed by atoms with Gasteiger partial charge in [0, 0.05) is 12.3 Å². The van der Waals surface area contributed by atoms with Crippen molar-refractivity contribution >= 4 is 5.78 Å². The minimum Gasteiger partial charge on any atom is -0.497 e. The van der Waals surface area contributed by atoms with Gasteiger partial charge in [0.25, 0.3) is 0 Å². The van der Waals surface area contributed by atoms with Crippen LogP contribution in [0, 0.1) is 0 Å². The molecule has 0 aliphatic heterocycles. The fourth-order valence-electron chi connectivity index (χ4n) is 2.93. The molecule has 2 nitrogen and oxygen atoms in total. The smallest absolute Gasteiger partial charge is 0.141 e. The van der Waals surface area contributed by atoms with E-state index in [9.17, 15) is 4.79 Å². The molecular weight excluding hydrogens is 248 g/mol. The van der Waals surface area contributed by atoms with Crippen LogP contribution in [0.4, 0.5) is 0 Å². The van der Waals surface area contributed by atoms with Crippen molar-refractivity contribution in [2.45, 2.75) is 25.2 Å². The number of benzene rings is 2. The summed E-state index contributed by atoms with van der Waals surface area (Å²) in [7, 11) is 1.67.